The van der Waals surface area contributed by atoms with Crippen LogP contribution < -0.4 is 5.32 Å². The molecule has 0 bridgehead atoms. The van der Waals surface area contributed by atoms with Crippen molar-refractivity contribution in [3.05, 3.63) is 0 Å². The van der Waals surface area contributed by atoms with Crippen molar-refractivity contribution in [2.24, 2.45) is 5.92 Å². The lowest BCUT2D eigenvalue weighted by Crippen LogP contribution is -2.35. The van der Waals surface area contributed by atoms with Gasteiger partial charge in [-0.15, -0.1) is 0 Å². The van der Waals surface area contributed by atoms with Gasteiger partial charge in [0.25, 0.3) is 0 Å². The molecule has 0 aromatic rings. The van der Waals surface area contributed by atoms with Crippen molar-refractivity contribution in [3.8, 4) is 0 Å². The van der Waals surface area contributed by atoms with E-state index < -0.39 is 0 Å². The standard InChI is InChI=1S/C8H18N2/c1-6(2)8-5-9-7(3)10(8)4/h6-9H,5H2,1-4H3. The van der Waals surface area contributed by atoms with E-state index in [1.54, 1.807) is 0 Å². The van der Waals surface area contributed by atoms with Gasteiger partial charge in [0.05, 0.1) is 6.17 Å². The minimum Gasteiger partial charge on any atom is -0.300 e. The summed E-state index contributed by atoms with van der Waals surface area (Å²) >= 11 is 0. The van der Waals surface area contributed by atoms with Crippen LogP contribution in [0.25, 0.3) is 0 Å². The van der Waals surface area contributed by atoms with E-state index in [-0.39, 0.29) is 0 Å². The number of nitrogens with one attached hydrogen (secondary N) is 1. The zero-order valence-corrected chi connectivity index (χ0v) is 7.39. The molecule has 1 aliphatic rings. The summed E-state index contributed by atoms with van der Waals surface area (Å²) in [6.45, 7) is 7.92. The van der Waals surface area contributed by atoms with Crippen LogP contribution in [0.2, 0.25) is 0 Å². The Bertz CT molecular complexity index is 112. The van der Waals surface area contributed by atoms with Crippen LogP contribution in [0.1, 0.15) is 20.8 Å². The second kappa shape index (κ2) is 2.89. The molecule has 2 nitrogen and oxygen atoms in total. The normalized spacial score (nSPS) is 35.7. The molecule has 1 aliphatic heterocycles. The Kier molecular flexibility index (Phi) is 2.32. The summed E-state index contributed by atoms with van der Waals surface area (Å²) in [6, 6.07) is 0.731. The van der Waals surface area contributed by atoms with Gasteiger partial charge in [-0.1, -0.05) is 13.8 Å². The Balaban J connectivity index is 2.49. The first-order valence-corrected chi connectivity index (χ1v) is 4.08. The Labute approximate surface area is 63.6 Å². The molecule has 0 saturated carbocycles. The maximum Gasteiger partial charge on any atom is 0.0569 e. The van der Waals surface area contributed by atoms with Crippen molar-refractivity contribution < 1.29 is 0 Å². The zero-order chi connectivity index (χ0) is 7.72. The van der Waals surface area contributed by atoms with Gasteiger partial charge in [0, 0.05) is 12.6 Å². The van der Waals surface area contributed by atoms with Crippen LogP contribution in [0.3, 0.4) is 0 Å². The number of hydrogen-bond acceptors (Lipinski definition) is 2. The Hall–Kier alpha value is -0.0800. The first-order valence-electron chi connectivity index (χ1n) is 4.08. The van der Waals surface area contributed by atoms with Crippen LogP contribution >= 0.6 is 0 Å². The second-order valence-electron chi connectivity index (χ2n) is 3.56. The molecule has 0 spiro atoms. The molecule has 1 N–H and O–H groups in total. The zero-order valence-electron chi connectivity index (χ0n) is 7.39. The molecular weight excluding hydrogens is 124 g/mol. The van der Waals surface area contributed by atoms with Gasteiger partial charge in [0.2, 0.25) is 0 Å². The quantitative estimate of drug-likeness (QED) is 0.585. The first-order chi connectivity index (χ1) is 4.63. The highest BCUT2D eigenvalue weighted by Crippen LogP contribution is 2.15. The molecule has 1 rings (SSSR count). The minimum absolute atomic E-state index is 0.562. The molecule has 1 saturated heterocycles. The summed E-state index contributed by atoms with van der Waals surface area (Å²) in [5, 5.41) is 3.43. The van der Waals surface area contributed by atoms with Gasteiger partial charge in [-0.3, -0.25) is 4.90 Å². The molecule has 1 fully saturated rings. The smallest absolute Gasteiger partial charge is 0.0569 e. The molecule has 0 aliphatic carbocycles. The van der Waals surface area contributed by atoms with Gasteiger partial charge >= 0.3 is 0 Å². The van der Waals surface area contributed by atoms with E-state index >= 15 is 0 Å². The van der Waals surface area contributed by atoms with Crippen molar-refractivity contribution in [2.45, 2.75) is 33.0 Å². The summed E-state index contributed by atoms with van der Waals surface area (Å²) in [5.74, 6) is 0.766. The molecule has 1 heterocycles. The van der Waals surface area contributed by atoms with Crippen LogP contribution in [0, 0.1) is 5.92 Å². The van der Waals surface area contributed by atoms with Gasteiger partial charge in [-0.2, -0.15) is 0 Å². The van der Waals surface area contributed by atoms with E-state index in [1.165, 1.54) is 0 Å². The van der Waals surface area contributed by atoms with E-state index in [9.17, 15) is 0 Å². The fourth-order valence-electron chi connectivity index (χ4n) is 1.57. The largest absolute Gasteiger partial charge is 0.300 e. The van der Waals surface area contributed by atoms with E-state index in [1.807, 2.05) is 0 Å². The molecule has 0 radical (unpaired) electrons. The molecular formula is C8H18N2. The summed E-state index contributed by atoms with van der Waals surface area (Å²) in [4.78, 5) is 2.41. The van der Waals surface area contributed by atoms with Gasteiger partial charge < -0.3 is 5.32 Å². The predicted molar refractivity (Wildman–Crippen MR) is 43.9 cm³/mol. The molecule has 0 amide bonds. The highest BCUT2D eigenvalue weighted by atomic mass is 15.3. The SMILES string of the molecule is CC(C)C1CNC(C)N1C. The van der Waals surface area contributed by atoms with E-state index in [0.717, 1.165) is 18.5 Å². The van der Waals surface area contributed by atoms with Gasteiger partial charge in [-0.25, -0.2) is 0 Å². The van der Waals surface area contributed by atoms with Gasteiger partial charge in [0.1, 0.15) is 0 Å². The monoisotopic (exact) mass is 142 g/mol. The van der Waals surface area contributed by atoms with Crippen LogP contribution in [0.4, 0.5) is 0 Å². The maximum atomic E-state index is 3.43. The summed E-state index contributed by atoms with van der Waals surface area (Å²) in [5.41, 5.74) is 0. The Morgan fingerprint density at radius 3 is 2.30 bits per heavy atom. The lowest BCUT2D eigenvalue weighted by molar-refractivity contribution is 0.209. The second-order valence-corrected chi connectivity index (χ2v) is 3.56. The topological polar surface area (TPSA) is 15.3 Å². The van der Waals surface area contributed by atoms with Gasteiger partial charge in [0.15, 0.2) is 0 Å². The van der Waals surface area contributed by atoms with Crippen molar-refractivity contribution in [3.63, 3.8) is 0 Å². The van der Waals surface area contributed by atoms with E-state index in [0.29, 0.717) is 6.17 Å². The fraction of sp³-hybridized carbons (Fsp3) is 1.00. The van der Waals surface area contributed by atoms with Crippen molar-refractivity contribution in [1.82, 2.24) is 10.2 Å². The van der Waals surface area contributed by atoms with Crippen LogP contribution in [-0.4, -0.2) is 30.7 Å². The molecule has 2 atom stereocenters. The fourth-order valence-corrected chi connectivity index (χ4v) is 1.57. The molecule has 2 heteroatoms. The number of hydrogen-bond donors (Lipinski definition) is 1. The van der Waals surface area contributed by atoms with Crippen LogP contribution in [0.15, 0.2) is 0 Å². The third-order valence-electron chi connectivity index (χ3n) is 2.53. The molecule has 2 unspecified atom stereocenters. The highest BCUT2D eigenvalue weighted by Gasteiger charge is 2.28. The lowest BCUT2D eigenvalue weighted by Gasteiger charge is -2.24. The average Bonchev–Trinajstić information content (AvgIpc) is 2.14. The Morgan fingerprint density at radius 1 is 1.50 bits per heavy atom. The van der Waals surface area contributed by atoms with Gasteiger partial charge in [-0.05, 0) is 19.9 Å². The van der Waals surface area contributed by atoms with Crippen LogP contribution in [-0.2, 0) is 0 Å². The number of rotatable bonds is 1. The van der Waals surface area contributed by atoms with Crippen molar-refractivity contribution in [1.29, 1.82) is 0 Å². The summed E-state index contributed by atoms with van der Waals surface area (Å²) < 4.78 is 0. The molecule has 0 aromatic heterocycles. The van der Waals surface area contributed by atoms with Crippen molar-refractivity contribution >= 4 is 0 Å². The summed E-state index contributed by atoms with van der Waals surface area (Å²) in [7, 11) is 2.19. The molecule has 60 valence electrons. The summed E-state index contributed by atoms with van der Waals surface area (Å²) in [6.07, 6.45) is 0.562. The third-order valence-corrected chi connectivity index (χ3v) is 2.53. The van der Waals surface area contributed by atoms with Crippen molar-refractivity contribution in [2.75, 3.05) is 13.6 Å². The maximum absolute atomic E-state index is 3.43. The third kappa shape index (κ3) is 1.32. The molecule has 10 heavy (non-hydrogen) atoms. The highest BCUT2D eigenvalue weighted by molar-refractivity contribution is 4.84. The van der Waals surface area contributed by atoms with E-state index in [4.69, 9.17) is 0 Å². The minimum atomic E-state index is 0.562. The first kappa shape index (κ1) is 8.02. The van der Waals surface area contributed by atoms with Crippen LogP contribution in [0.5, 0.6) is 0 Å². The number of likely N-dealkylation sites (N-methyl/N-ethyl adjacent to an activating group) is 1. The number of nitrogens with zero attached hydrogens (tertiary/aromatic N) is 1. The lowest BCUT2D eigenvalue weighted by atomic mass is 10.1. The predicted octanol–water partition coefficient (Wildman–Crippen LogP) is 0.892. The Morgan fingerprint density at radius 2 is 2.10 bits per heavy atom. The van der Waals surface area contributed by atoms with E-state index in [2.05, 4.69) is 38.0 Å². The molecule has 0 aromatic carbocycles. The average molecular weight is 142 g/mol.